The SMILES string of the molecule is CCn1c2ccccc2c2cc(CN3CCC(Oc4ccc(C(=O)NCC5(N6CCCCC6)CCCCC5)cc4Cl)CC3)ccc21. The molecule has 6 nitrogen and oxygen atoms in total. The van der Waals surface area contributed by atoms with E-state index in [9.17, 15) is 4.79 Å². The van der Waals surface area contributed by atoms with E-state index in [0.29, 0.717) is 16.3 Å². The Balaban J connectivity index is 0.930. The molecule has 1 N–H and O–H groups in total. The zero-order valence-electron chi connectivity index (χ0n) is 27.4. The zero-order chi connectivity index (χ0) is 31.5. The molecule has 0 spiro atoms. The van der Waals surface area contributed by atoms with Gasteiger partial charge < -0.3 is 14.6 Å². The quantitative estimate of drug-likeness (QED) is 0.200. The number of amides is 1. The van der Waals surface area contributed by atoms with Gasteiger partial charge in [0, 0.05) is 65.6 Å². The highest BCUT2D eigenvalue weighted by Gasteiger charge is 2.38. The van der Waals surface area contributed by atoms with Crippen LogP contribution in [0.1, 0.15) is 87.1 Å². The van der Waals surface area contributed by atoms with Gasteiger partial charge in [-0.3, -0.25) is 14.6 Å². The van der Waals surface area contributed by atoms with Crippen molar-refractivity contribution in [3.05, 3.63) is 76.8 Å². The molecule has 3 fully saturated rings. The summed E-state index contributed by atoms with van der Waals surface area (Å²) in [6, 6.07) is 21.2. The van der Waals surface area contributed by atoms with Gasteiger partial charge in [0.15, 0.2) is 0 Å². The van der Waals surface area contributed by atoms with E-state index in [2.05, 4.69) is 69.1 Å². The number of para-hydroxylation sites is 1. The van der Waals surface area contributed by atoms with Gasteiger partial charge in [0.2, 0.25) is 0 Å². The minimum Gasteiger partial charge on any atom is -0.489 e. The summed E-state index contributed by atoms with van der Waals surface area (Å²) in [7, 11) is 0. The predicted octanol–water partition coefficient (Wildman–Crippen LogP) is 8.43. The summed E-state index contributed by atoms with van der Waals surface area (Å²) >= 11 is 6.70. The highest BCUT2D eigenvalue weighted by molar-refractivity contribution is 6.32. The Morgan fingerprint density at radius 3 is 2.37 bits per heavy atom. The Hall–Kier alpha value is -3.06. The van der Waals surface area contributed by atoms with Crippen LogP contribution in [0.2, 0.25) is 5.02 Å². The third kappa shape index (κ3) is 6.54. The van der Waals surface area contributed by atoms with Crippen LogP contribution in [0, 0.1) is 0 Å². The van der Waals surface area contributed by atoms with Gasteiger partial charge in [-0.1, -0.05) is 61.5 Å². The van der Waals surface area contributed by atoms with Gasteiger partial charge in [-0.05, 0) is 100 Å². The molecule has 4 aromatic rings. The van der Waals surface area contributed by atoms with E-state index in [0.717, 1.165) is 58.7 Å². The van der Waals surface area contributed by atoms with Crippen molar-refractivity contribution in [1.82, 2.24) is 19.7 Å². The van der Waals surface area contributed by atoms with E-state index in [1.165, 1.54) is 78.7 Å². The molecule has 46 heavy (non-hydrogen) atoms. The molecule has 0 unspecified atom stereocenters. The van der Waals surface area contributed by atoms with Gasteiger partial charge in [0.1, 0.15) is 11.9 Å². The number of aromatic nitrogens is 1. The van der Waals surface area contributed by atoms with E-state index >= 15 is 0 Å². The number of carbonyl (C=O) groups excluding carboxylic acids is 1. The predicted molar refractivity (Wildman–Crippen MR) is 189 cm³/mol. The molecule has 1 amide bonds. The molecule has 0 atom stereocenters. The maximum absolute atomic E-state index is 13.3. The van der Waals surface area contributed by atoms with Crippen LogP contribution in [0.4, 0.5) is 0 Å². The molecule has 2 saturated heterocycles. The van der Waals surface area contributed by atoms with Crippen LogP contribution in [0.25, 0.3) is 21.8 Å². The van der Waals surface area contributed by atoms with Gasteiger partial charge in [0.25, 0.3) is 5.91 Å². The van der Waals surface area contributed by atoms with Crippen molar-refractivity contribution in [2.75, 3.05) is 32.7 Å². The molecule has 244 valence electrons. The average Bonchev–Trinajstić information content (AvgIpc) is 3.42. The fourth-order valence-electron chi connectivity index (χ4n) is 8.43. The summed E-state index contributed by atoms with van der Waals surface area (Å²) in [5, 5.41) is 6.48. The number of likely N-dealkylation sites (tertiary alicyclic amines) is 2. The molecule has 7 heteroatoms. The van der Waals surface area contributed by atoms with Crippen LogP contribution < -0.4 is 10.1 Å². The lowest BCUT2D eigenvalue weighted by Crippen LogP contribution is -2.58. The van der Waals surface area contributed by atoms with E-state index in [-0.39, 0.29) is 17.6 Å². The normalized spacial score (nSPS) is 19.9. The number of fused-ring (bicyclic) bond motifs is 3. The third-order valence-electron chi connectivity index (χ3n) is 11.0. The van der Waals surface area contributed by atoms with Crippen LogP contribution in [-0.2, 0) is 13.1 Å². The van der Waals surface area contributed by atoms with Crippen molar-refractivity contribution < 1.29 is 9.53 Å². The van der Waals surface area contributed by atoms with Crippen molar-refractivity contribution in [1.29, 1.82) is 0 Å². The van der Waals surface area contributed by atoms with Gasteiger partial charge >= 0.3 is 0 Å². The number of nitrogens with zero attached hydrogens (tertiary/aromatic N) is 3. The summed E-state index contributed by atoms with van der Waals surface area (Å²) in [5.74, 6) is 0.632. The molecular formula is C39H49ClN4O2. The highest BCUT2D eigenvalue weighted by atomic mass is 35.5. The van der Waals surface area contributed by atoms with Crippen LogP contribution in [0.5, 0.6) is 5.75 Å². The molecule has 1 aromatic heterocycles. The fourth-order valence-corrected chi connectivity index (χ4v) is 8.66. The van der Waals surface area contributed by atoms with Crippen LogP contribution in [0.15, 0.2) is 60.7 Å². The Morgan fingerprint density at radius 2 is 1.61 bits per heavy atom. The molecule has 3 aromatic carbocycles. The molecule has 3 heterocycles. The van der Waals surface area contributed by atoms with E-state index in [4.69, 9.17) is 16.3 Å². The van der Waals surface area contributed by atoms with Gasteiger partial charge in [-0.15, -0.1) is 0 Å². The summed E-state index contributed by atoms with van der Waals surface area (Å²) < 4.78 is 8.80. The lowest BCUT2D eigenvalue weighted by atomic mass is 9.79. The molecule has 1 aliphatic carbocycles. The number of rotatable bonds is 9. The summed E-state index contributed by atoms with van der Waals surface area (Å²) in [5.41, 5.74) is 4.69. The van der Waals surface area contributed by atoms with Crippen molar-refractivity contribution in [3.63, 3.8) is 0 Å². The van der Waals surface area contributed by atoms with Crippen LogP contribution >= 0.6 is 11.6 Å². The van der Waals surface area contributed by atoms with Crippen molar-refractivity contribution in [2.45, 2.75) is 95.9 Å². The molecule has 0 bridgehead atoms. The molecular weight excluding hydrogens is 592 g/mol. The summed E-state index contributed by atoms with van der Waals surface area (Å²) in [6.07, 6.45) is 12.1. The zero-order valence-corrected chi connectivity index (χ0v) is 28.2. The number of piperidine rings is 2. The van der Waals surface area contributed by atoms with Crippen molar-refractivity contribution in [2.24, 2.45) is 0 Å². The van der Waals surface area contributed by atoms with E-state index in [1.54, 1.807) is 6.07 Å². The Labute approximate surface area is 279 Å². The first-order valence-electron chi connectivity index (χ1n) is 17.7. The number of ether oxygens (including phenoxy) is 1. The topological polar surface area (TPSA) is 49.7 Å². The maximum atomic E-state index is 13.3. The Bertz CT molecular complexity index is 1660. The molecule has 7 rings (SSSR count). The van der Waals surface area contributed by atoms with Crippen LogP contribution in [-0.4, -0.2) is 64.6 Å². The van der Waals surface area contributed by atoms with E-state index in [1.807, 2.05) is 12.1 Å². The van der Waals surface area contributed by atoms with Gasteiger partial charge in [-0.2, -0.15) is 0 Å². The number of nitrogens with one attached hydrogen (secondary N) is 1. The second-order valence-corrected chi connectivity index (χ2v) is 14.3. The minimum absolute atomic E-state index is 0.0406. The van der Waals surface area contributed by atoms with Crippen molar-refractivity contribution >= 4 is 39.3 Å². The first kappa shape index (κ1) is 31.5. The number of hydrogen-bond acceptors (Lipinski definition) is 4. The first-order valence-corrected chi connectivity index (χ1v) is 18.1. The second-order valence-electron chi connectivity index (χ2n) is 13.9. The number of benzene rings is 3. The Kier molecular flexibility index (Phi) is 9.58. The smallest absolute Gasteiger partial charge is 0.251 e. The van der Waals surface area contributed by atoms with Crippen LogP contribution in [0.3, 0.4) is 0 Å². The van der Waals surface area contributed by atoms with Crippen molar-refractivity contribution in [3.8, 4) is 5.75 Å². The minimum atomic E-state index is -0.0406. The summed E-state index contributed by atoms with van der Waals surface area (Å²) in [6.45, 7) is 9.13. The monoisotopic (exact) mass is 640 g/mol. The maximum Gasteiger partial charge on any atom is 0.251 e. The fraction of sp³-hybridized carbons (Fsp3) is 0.513. The second kappa shape index (κ2) is 14.0. The molecule has 2 aliphatic heterocycles. The summed E-state index contributed by atoms with van der Waals surface area (Å²) in [4.78, 5) is 18.5. The lowest BCUT2D eigenvalue weighted by Gasteiger charge is -2.48. The number of carbonyl (C=O) groups is 1. The van der Waals surface area contributed by atoms with Gasteiger partial charge in [-0.25, -0.2) is 0 Å². The molecule has 0 radical (unpaired) electrons. The highest BCUT2D eigenvalue weighted by Crippen LogP contribution is 2.36. The standard InChI is InChI=1S/C39H49ClN4O2/c1-2-44-35-12-6-5-11-32(35)33-25-29(13-15-36(33)44)27-42-23-17-31(18-24-42)46-37-16-14-30(26-34(37)40)38(45)41-28-39(19-7-3-8-20-39)43-21-9-4-10-22-43/h5-6,11-16,25-26,31H,2-4,7-10,17-24,27-28H2,1H3,(H,41,45). The van der Waals surface area contributed by atoms with E-state index < -0.39 is 0 Å². The lowest BCUT2D eigenvalue weighted by molar-refractivity contribution is 0.0326. The molecule has 1 saturated carbocycles. The van der Waals surface area contributed by atoms with Gasteiger partial charge in [0.05, 0.1) is 5.02 Å². The number of aryl methyl sites for hydroxylation is 1. The average molecular weight is 641 g/mol. The third-order valence-corrected chi connectivity index (χ3v) is 11.3. The largest absolute Gasteiger partial charge is 0.489 e. The number of hydrogen-bond donors (Lipinski definition) is 1. The Morgan fingerprint density at radius 1 is 0.870 bits per heavy atom. The first-order chi connectivity index (χ1) is 22.5. The molecule has 3 aliphatic rings. The number of halogens is 1.